The number of rotatable bonds is 10. The number of hydrogen-bond donors (Lipinski definition) is 3. The minimum Gasteiger partial charge on any atom is -0.355 e. The fourth-order valence-electron chi connectivity index (χ4n) is 4.85. The minimum atomic E-state index is -0.531. The van der Waals surface area contributed by atoms with Crippen LogP contribution in [0.2, 0.25) is 0 Å². The van der Waals surface area contributed by atoms with Crippen LogP contribution in [0.4, 0.5) is 10.1 Å². The highest BCUT2D eigenvalue weighted by Gasteiger charge is 2.19. The third-order valence-electron chi connectivity index (χ3n) is 7.65. The van der Waals surface area contributed by atoms with E-state index in [0.717, 1.165) is 11.1 Å². The number of amides is 2. The van der Waals surface area contributed by atoms with Crippen molar-refractivity contribution in [3.05, 3.63) is 122 Å². The van der Waals surface area contributed by atoms with Gasteiger partial charge < -0.3 is 20.5 Å². The van der Waals surface area contributed by atoms with Crippen LogP contribution in [0.1, 0.15) is 69.7 Å². The molecular formula is C35H37FN4O4. The molecule has 0 saturated carbocycles. The number of halogens is 1. The molecule has 44 heavy (non-hydrogen) atoms. The smallest absolute Gasteiger partial charge is 0.275 e. The molecule has 1 heterocycles. The largest absolute Gasteiger partial charge is 0.355 e. The van der Waals surface area contributed by atoms with E-state index in [0.29, 0.717) is 33.5 Å². The van der Waals surface area contributed by atoms with E-state index in [-0.39, 0.29) is 35.7 Å². The molecule has 0 spiro atoms. The molecule has 4 rings (SSSR count). The van der Waals surface area contributed by atoms with E-state index >= 15 is 0 Å². The van der Waals surface area contributed by atoms with Gasteiger partial charge in [-0.15, -0.1) is 0 Å². The molecule has 0 radical (unpaired) electrons. The molecule has 9 heteroatoms. The van der Waals surface area contributed by atoms with Gasteiger partial charge >= 0.3 is 0 Å². The summed E-state index contributed by atoms with van der Waals surface area (Å²) >= 11 is 0. The molecule has 2 amide bonds. The molecule has 0 bridgehead atoms. The molecule has 228 valence electrons. The zero-order chi connectivity index (χ0) is 32.1. The molecule has 1 atom stereocenters. The molecular weight excluding hydrogens is 559 g/mol. The first-order chi connectivity index (χ1) is 20.9. The van der Waals surface area contributed by atoms with Gasteiger partial charge in [0.15, 0.2) is 5.78 Å². The summed E-state index contributed by atoms with van der Waals surface area (Å²) in [5.41, 5.74) is 4.50. The number of ketones is 1. The number of hydrogen-bond acceptors (Lipinski definition) is 5. The van der Waals surface area contributed by atoms with E-state index in [1.165, 1.54) is 24.3 Å². The Morgan fingerprint density at radius 1 is 0.841 bits per heavy atom. The van der Waals surface area contributed by atoms with Crippen LogP contribution in [-0.2, 0) is 11.3 Å². The van der Waals surface area contributed by atoms with Crippen molar-refractivity contribution < 1.29 is 18.8 Å². The third kappa shape index (κ3) is 7.01. The third-order valence-corrected chi connectivity index (χ3v) is 7.65. The fourth-order valence-corrected chi connectivity index (χ4v) is 4.85. The van der Waals surface area contributed by atoms with Gasteiger partial charge in [0.2, 0.25) is 5.91 Å². The molecule has 8 nitrogen and oxygen atoms in total. The SMILES string of the molecule is CNC(=O)c1ccc(C)c(-c2ccc(NC(=O)[C@H](C)NC)c(=O)n2Cc2cc(C(=O)c3ccc(F)cc3)cc(C(C)C)c2)c1. The number of aromatic nitrogens is 1. The number of nitrogens with zero attached hydrogens (tertiary/aromatic N) is 1. The fraction of sp³-hybridized carbons (Fsp3) is 0.257. The number of anilines is 1. The molecule has 1 aromatic heterocycles. The predicted octanol–water partition coefficient (Wildman–Crippen LogP) is 5.27. The van der Waals surface area contributed by atoms with E-state index in [4.69, 9.17) is 0 Å². The Kier molecular flexibility index (Phi) is 9.90. The average molecular weight is 597 g/mol. The summed E-state index contributed by atoms with van der Waals surface area (Å²) in [7, 11) is 3.20. The summed E-state index contributed by atoms with van der Waals surface area (Å²) in [5.74, 6) is -1.25. The first-order valence-electron chi connectivity index (χ1n) is 14.4. The normalized spacial score (nSPS) is 11.7. The Hall–Kier alpha value is -4.89. The molecule has 0 aliphatic rings. The topological polar surface area (TPSA) is 109 Å². The Balaban J connectivity index is 1.89. The molecule has 0 fully saturated rings. The van der Waals surface area contributed by atoms with Crippen LogP contribution in [0.5, 0.6) is 0 Å². The second-order valence-corrected chi connectivity index (χ2v) is 11.1. The molecule has 0 aliphatic heterocycles. The molecule has 0 saturated heterocycles. The zero-order valence-corrected chi connectivity index (χ0v) is 25.7. The van der Waals surface area contributed by atoms with Crippen LogP contribution in [0, 0.1) is 12.7 Å². The summed E-state index contributed by atoms with van der Waals surface area (Å²) in [5, 5.41) is 8.21. The van der Waals surface area contributed by atoms with Crippen LogP contribution >= 0.6 is 0 Å². The van der Waals surface area contributed by atoms with Crippen LogP contribution in [-0.4, -0.2) is 42.3 Å². The van der Waals surface area contributed by atoms with Crippen LogP contribution < -0.4 is 21.5 Å². The second-order valence-electron chi connectivity index (χ2n) is 11.1. The van der Waals surface area contributed by atoms with Gasteiger partial charge in [0, 0.05) is 29.3 Å². The van der Waals surface area contributed by atoms with Crippen molar-refractivity contribution in [1.29, 1.82) is 0 Å². The van der Waals surface area contributed by atoms with Crippen molar-refractivity contribution in [2.24, 2.45) is 0 Å². The lowest BCUT2D eigenvalue weighted by Gasteiger charge is -2.19. The number of likely N-dealkylation sites (N-methyl/N-ethyl adjacent to an activating group) is 1. The van der Waals surface area contributed by atoms with E-state index in [1.54, 1.807) is 55.9 Å². The maximum atomic E-state index is 14.0. The minimum absolute atomic E-state index is 0.0750. The lowest BCUT2D eigenvalue weighted by Crippen LogP contribution is -2.37. The van der Waals surface area contributed by atoms with Gasteiger partial charge in [-0.05, 0) is 104 Å². The Morgan fingerprint density at radius 3 is 2.16 bits per heavy atom. The number of pyridine rings is 1. The van der Waals surface area contributed by atoms with Gasteiger partial charge in [-0.1, -0.05) is 26.0 Å². The number of nitrogens with one attached hydrogen (secondary N) is 3. The zero-order valence-electron chi connectivity index (χ0n) is 25.7. The first-order valence-corrected chi connectivity index (χ1v) is 14.4. The lowest BCUT2D eigenvalue weighted by atomic mass is 9.93. The van der Waals surface area contributed by atoms with Crippen molar-refractivity contribution >= 4 is 23.3 Å². The van der Waals surface area contributed by atoms with Crippen LogP contribution in [0.3, 0.4) is 0 Å². The highest BCUT2D eigenvalue weighted by molar-refractivity contribution is 6.09. The van der Waals surface area contributed by atoms with Gasteiger partial charge in [0.25, 0.3) is 11.5 Å². The number of carbonyl (C=O) groups is 3. The van der Waals surface area contributed by atoms with E-state index in [2.05, 4.69) is 16.0 Å². The lowest BCUT2D eigenvalue weighted by molar-refractivity contribution is -0.117. The summed E-state index contributed by atoms with van der Waals surface area (Å²) in [6.45, 7) is 7.67. The van der Waals surface area contributed by atoms with Crippen molar-refractivity contribution in [2.75, 3.05) is 19.4 Å². The monoisotopic (exact) mass is 596 g/mol. The molecule has 0 unspecified atom stereocenters. The number of benzene rings is 3. The highest BCUT2D eigenvalue weighted by atomic mass is 19.1. The van der Waals surface area contributed by atoms with E-state index < -0.39 is 17.4 Å². The Morgan fingerprint density at radius 2 is 1.52 bits per heavy atom. The molecule has 3 N–H and O–H groups in total. The first kappa shape index (κ1) is 32.0. The maximum absolute atomic E-state index is 14.0. The Labute approximate surface area is 256 Å². The Bertz CT molecular complexity index is 1780. The number of aryl methyl sites for hydroxylation is 1. The summed E-state index contributed by atoms with van der Waals surface area (Å²) < 4.78 is 15.1. The van der Waals surface area contributed by atoms with Crippen molar-refractivity contribution in [3.8, 4) is 11.3 Å². The molecule has 4 aromatic rings. The van der Waals surface area contributed by atoms with Crippen molar-refractivity contribution in [1.82, 2.24) is 15.2 Å². The van der Waals surface area contributed by atoms with Crippen molar-refractivity contribution in [3.63, 3.8) is 0 Å². The second kappa shape index (κ2) is 13.6. The van der Waals surface area contributed by atoms with Crippen LogP contribution in [0.25, 0.3) is 11.3 Å². The van der Waals surface area contributed by atoms with Gasteiger partial charge in [0.05, 0.1) is 18.3 Å². The summed E-state index contributed by atoms with van der Waals surface area (Å²) in [4.78, 5) is 52.7. The number of carbonyl (C=O) groups excluding carboxylic acids is 3. The maximum Gasteiger partial charge on any atom is 0.275 e. The predicted molar refractivity (Wildman–Crippen MR) is 171 cm³/mol. The van der Waals surface area contributed by atoms with Gasteiger partial charge in [-0.3, -0.25) is 19.2 Å². The summed E-state index contributed by atoms with van der Waals surface area (Å²) in [6.07, 6.45) is 0. The highest BCUT2D eigenvalue weighted by Crippen LogP contribution is 2.27. The van der Waals surface area contributed by atoms with Crippen LogP contribution in [0.15, 0.2) is 77.6 Å². The average Bonchev–Trinajstić information content (AvgIpc) is 3.02. The van der Waals surface area contributed by atoms with Crippen molar-refractivity contribution in [2.45, 2.75) is 46.2 Å². The van der Waals surface area contributed by atoms with Gasteiger partial charge in [0.1, 0.15) is 11.5 Å². The quantitative estimate of drug-likeness (QED) is 0.216. The molecule has 3 aromatic carbocycles. The van der Waals surface area contributed by atoms with E-state index in [9.17, 15) is 23.6 Å². The molecule has 0 aliphatic carbocycles. The van der Waals surface area contributed by atoms with Gasteiger partial charge in [-0.25, -0.2) is 4.39 Å². The summed E-state index contributed by atoms with van der Waals surface area (Å²) in [6, 6.07) is 18.9. The van der Waals surface area contributed by atoms with Gasteiger partial charge in [-0.2, -0.15) is 0 Å². The van der Waals surface area contributed by atoms with E-state index in [1.807, 2.05) is 39.0 Å². The standard InChI is InChI=1S/C35H37FN4O4/c1-20(2)26-15-23(16-27(17-26)32(41)24-9-11-28(36)12-10-24)19-40-31(29-18-25(34(43)38-6)8-7-21(29)3)14-13-30(35(40)44)39-33(42)22(4)37-5/h7-18,20,22,37H,19H2,1-6H3,(H,38,43)(H,39,42)/t22-/m0/s1.